The highest BCUT2D eigenvalue weighted by Crippen LogP contribution is 2.22. The van der Waals surface area contributed by atoms with Crippen LogP contribution in [0.2, 0.25) is 5.02 Å². The molecule has 162 valence electrons. The lowest BCUT2D eigenvalue weighted by molar-refractivity contribution is -0.136. The highest BCUT2D eigenvalue weighted by molar-refractivity contribution is 6.31. The lowest BCUT2D eigenvalue weighted by Crippen LogP contribution is -2.61. The molecule has 1 aromatic carbocycles. The van der Waals surface area contributed by atoms with Gasteiger partial charge in [0, 0.05) is 56.9 Å². The van der Waals surface area contributed by atoms with Crippen molar-refractivity contribution in [3.8, 4) is 0 Å². The second kappa shape index (κ2) is 8.79. The van der Waals surface area contributed by atoms with Crippen LogP contribution in [0.4, 0.5) is 10.8 Å². The Balaban J connectivity index is 1.30. The van der Waals surface area contributed by atoms with Gasteiger partial charge in [0.1, 0.15) is 5.52 Å². The van der Waals surface area contributed by atoms with Crippen molar-refractivity contribution >= 4 is 40.7 Å². The van der Waals surface area contributed by atoms with E-state index in [9.17, 15) is 9.59 Å². The van der Waals surface area contributed by atoms with Gasteiger partial charge in [-0.1, -0.05) is 11.6 Å². The van der Waals surface area contributed by atoms with Crippen molar-refractivity contribution in [1.82, 2.24) is 25.0 Å². The molecule has 2 saturated heterocycles. The van der Waals surface area contributed by atoms with Gasteiger partial charge in [-0.25, -0.2) is 4.79 Å². The predicted molar refractivity (Wildman–Crippen MR) is 115 cm³/mol. The second-order valence-electron chi connectivity index (χ2n) is 7.97. The molecule has 0 unspecified atom stereocenters. The molecule has 3 heterocycles. The number of urea groups is 1. The van der Waals surface area contributed by atoms with Gasteiger partial charge in [-0.05, 0) is 32.0 Å². The van der Waals surface area contributed by atoms with Crippen molar-refractivity contribution in [3.63, 3.8) is 0 Å². The zero-order valence-corrected chi connectivity index (χ0v) is 18.0. The molecular weight excluding hydrogens is 408 g/mol. The van der Waals surface area contributed by atoms with Crippen molar-refractivity contribution in [3.05, 3.63) is 23.2 Å². The molecule has 2 aliphatic heterocycles. The minimum Gasteiger partial charge on any atom is -0.423 e. The first-order valence-corrected chi connectivity index (χ1v) is 10.7. The van der Waals surface area contributed by atoms with E-state index in [4.69, 9.17) is 16.0 Å². The monoisotopic (exact) mass is 434 g/mol. The molecular formula is C20H27ClN6O3. The number of rotatable bonds is 3. The van der Waals surface area contributed by atoms with Gasteiger partial charge in [-0.15, -0.1) is 0 Å². The Morgan fingerprint density at radius 1 is 1.20 bits per heavy atom. The minimum absolute atomic E-state index is 0.108. The van der Waals surface area contributed by atoms with E-state index < -0.39 is 0 Å². The summed E-state index contributed by atoms with van der Waals surface area (Å²) in [7, 11) is 0. The van der Waals surface area contributed by atoms with E-state index in [2.05, 4.69) is 34.4 Å². The fourth-order valence-electron chi connectivity index (χ4n) is 3.88. The summed E-state index contributed by atoms with van der Waals surface area (Å²) >= 11 is 5.96. The van der Waals surface area contributed by atoms with Crippen LogP contribution in [-0.4, -0.2) is 89.5 Å². The number of halogens is 1. The molecule has 30 heavy (non-hydrogen) atoms. The number of nitrogens with one attached hydrogen (secondary N) is 2. The van der Waals surface area contributed by atoms with Crippen LogP contribution >= 0.6 is 11.6 Å². The summed E-state index contributed by atoms with van der Waals surface area (Å²) in [5.41, 5.74) is 1.14. The van der Waals surface area contributed by atoms with Crippen LogP contribution in [0, 0.1) is 0 Å². The second-order valence-corrected chi connectivity index (χ2v) is 8.41. The first kappa shape index (κ1) is 20.9. The number of hydrogen-bond acceptors (Lipinski definition) is 6. The SMILES string of the molecule is CC(C)N1CCN[C@@H](C(=O)N2CCN(C(=O)Nc3nc4cc(Cl)ccc4o3)CC2)C1. The lowest BCUT2D eigenvalue weighted by atomic mass is 10.1. The Labute approximate surface area is 180 Å². The summed E-state index contributed by atoms with van der Waals surface area (Å²) in [5, 5.41) is 6.57. The maximum absolute atomic E-state index is 12.9. The summed E-state index contributed by atoms with van der Waals surface area (Å²) < 4.78 is 5.55. The van der Waals surface area contributed by atoms with Gasteiger partial charge in [0.25, 0.3) is 0 Å². The Bertz CT molecular complexity index is 924. The molecule has 10 heteroatoms. The molecule has 2 aromatic rings. The van der Waals surface area contributed by atoms with E-state index in [0.29, 0.717) is 48.3 Å². The number of piperazine rings is 2. The quantitative estimate of drug-likeness (QED) is 0.765. The first-order chi connectivity index (χ1) is 14.4. The van der Waals surface area contributed by atoms with E-state index in [0.717, 1.165) is 19.6 Å². The summed E-state index contributed by atoms with van der Waals surface area (Å²) in [4.78, 5) is 35.5. The van der Waals surface area contributed by atoms with Crippen LogP contribution in [-0.2, 0) is 4.79 Å². The smallest absolute Gasteiger partial charge is 0.325 e. The highest BCUT2D eigenvalue weighted by Gasteiger charge is 2.32. The average molecular weight is 435 g/mol. The van der Waals surface area contributed by atoms with Gasteiger partial charge in [-0.3, -0.25) is 15.0 Å². The van der Waals surface area contributed by atoms with Crippen LogP contribution in [0.1, 0.15) is 13.8 Å². The molecule has 0 radical (unpaired) electrons. The largest absolute Gasteiger partial charge is 0.423 e. The molecule has 0 saturated carbocycles. The number of benzene rings is 1. The molecule has 0 bridgehead atoms. The van der Waals surface area contributed by atoms with E-state index in [1.165, 1.54) is 0 Å². The van der Waals surface area contributed by atoms with Gasteiger partial charge in [0.2, 0.25) is 5.91 Å². The third kappa shape index (κ3) is 4.53. The Morgan fingerprint density at radius 2 is 1.93 bits per heavy atom. The zero-order valence-electron chi connectivity index (χ0n) is 17.2. The van der Waals surface area contributed by atoms with Crippen LogP contribution in [0.5, 0.6) is 0 Å². The van der Waals surface area contributed by atoms with Gasteiger partial charge >= 0.3 is 12.0 Å². The van der Waals surface area contributed by atoms with Crippen LogP contribution in [0.15, 0.2) is 22.6 Å². The summed E-state index contributed by atoms with van der Waals surface area (Å²) in [6.07, 6.45) is 0. The molecule has 1 atom stereocenters. The number of carbonyl (C=O) groups is 2. The Kier molecular flexibility index (Phi) is 6.12. The lowest BCUT2D eigenvalue weighted by Gasteiger charge is -2.40. The number of oxazole rings is 1. The number of anilines is 1. The van der Waals surface area contributed by atoms with Crippen LogP contribution in [0.3, 0.4) is 0 Å². The maximum Gasteiger partial charge on any atom is 0.325 e. The van der Waals surface area contributed by atoms with Crippen LogP contribution in [0.25, 0.3) is 11.1 Å². The predicted octanol–water partition coefficient (Wildman–Crippen LogP) is 1.84. The van der Waals surface area contributed by atoms with Crippen molar-refractivity contribution in [1.29, 1.82) is 0 Å². The molecule has 2 fully saturated rings. The Hall–Kier alpha value is -2.36. The summed E-state index contributed by atoms with van der Waals surface area (Å²) in [6, 6.07) is 5.18. The molecule has 4 rings (SSSR count). The molecule has 2 N–H and O–H groups in total. The maximum atomic E-state index is 12.9. The highest BCUT2D eigenvalue weighted by atomic mass is 35.5. The molecule has 0 spiro atoms. The van der Waals surface area contributed by atoms with E-state index in [1.807, 2.05) is 4.90 Å². The number of amides is 3. The fraction of sp³-hybridized carbons (Fsp3) is 0.550. The van der Waals surface area contributed by atoms with E-state index >= 15 is 0 Å². The van der Waals surface area contributed by atoms with E-state index in [1.54, 1.807) is 23.1 Å². The van der Waals surface area contributed by atoms with Gasteiger partial charge in [0.05, 0.1) is 6.04 Å². The zero-order chi connectivity index (χ0) is 21.3. The Morgan fingerprint density at radius 3 is 2.67 bits per heavy atom. The van der Waals surface area contributed by atoms with Gasteiger partial charge in [-0.2, -0.15) is 4.98 Å². The first-order valence-electron chi connectivity index (χ1n) is 10.3. The molecule has 3 amide bonds. The van der Waals surface area contributed by atoms with Gasteiger partial charge in [0.15, 0.2) is 5.58 Å². The molecule has 9 nitrogen and oxygen atoms in total. The molecule has 1 aromatic heterocycles. The minimum atomic E-state index is -0.290. The molecule has 2 aliphatic rings. The van der Waals surface area contributed by atoms with Crippen molar-refractivity contribution in [2.75, 3.05) is 51.1 Å². The van der Waals surface area contributed by atoms with Crippen LogP contribution < -0.4 is 10.6 Å². The third-order valence-corrected chi connectivity index (χ3v) is 5.91. The van der Waals surface area contributed by atoms with Crippen molar-refractivity contribution in [2.24, 2.45) is 0 Å². The number of carbonyl (C=O) groups excluding carboxylic acids is 2. The van der Waals surface area contributed by atoms with E-state index in [-0.39, 0.29) is 24.0 Å². The molecule has 0 aliphatic carbocycles. The third-order valence-electron chi connectivity index (χ3n) is 5.68. The number of fused-ring (bicyclic) bond motifs is 1. The number of hydrogen-bond donors (Lipinski definition) is 2. The number of aromatic nitrogens is 1. The summed E-state index contributed by atoms with van der Waals surface area (Å²) in [5.74, 6) is 0.108. The normalized spacial score (nSPS) is 20.7. The summed E-state index contributed by atoms with van der Waals surface area (Å²) in [6.45, 7) is 8.73. The topological polar surface area (TPSA) is 94.0 Å². The number of nitrogens with zero attached hydrogens (tertiary/aromatic N) is 4. The average Bonchev–Trinajstić information content (AvgIpc) is 3.14. The van der Waals surface area contributed by atoms with Crippen molar-refractivity contribution in [2.45, 2.75) is 25.9 Å². The standard InChI is InChI=1S/C20H27ClN6O3/c1-13(2)27-6-5-22-16(12-27)18(28)25-7-9-26(10-8-25)20(29)24-19-23-15-11-14(21)3-4-17(15)30-19/h3-4,11,13,16,22H,5-10,12H2,1-2H3,(H,23,24,29)/t16-/m1/s1. The van der Waals surface area contributed by atoms with Crippen molar-refractivity contribution < 1.29 is 14.0 Å². The fourth-order valence-corrected chi connectivity index (χ4v) is 4.05. The van der Waals surface area contributed by atoms with Gasteiger partial charge < -0.3 is 19.5 Å².